The first-order valence-electron chi connectivity index (χ1n) is 10.4. The highest BCUT2D eigenvalue weighted by Gasteiger charge is 2.39. The number of hydrogen-bond donors (Lipinski definition) is 0. The molecule has 1 aliphatic carbocycles. The summed E-state index contributed by atoms with van der Waals surface area (Å²) in [5.41, 5.74) is 1.30. The zero-order chi connectivity index (χ0) is 19.1. The second kappa shape index (κ2) is 9.88. The van der Waals surface area contributed by atoms with Crippen molar-refractivity contribution in [2.75, 3.05) is 32.8 Å². The van der Waals surface area contributed by atoms with Gasteiger partial charge in [-0.2, -0.15) is 0 Å². The van der Waals surface area contributed by atoms with E-state index in [0.29, 0.717) is 19.7 Å². The van der Waals surface area contributed by atoms with Gasteiger partial charge in [0.1, 0.15) is 5.92 Å². The Labute approximate surface area is 162 Å². The highest BCUT2D eigenvalue weighted by Crippen LogP contribution is 2.32. The zero-order valence-electron chi connectivity index (χ0n) is 16.4. The van der Waals surface area contributed by atoms with Gasteiger partial charge in [-0.25, -0.2) is 0 Å². The third-order valence-electron chi connectivity index (χ3n) is 5.86. The largest absolute Gasteiger partial charge is 0.465 e. The molecule has 0 unspecified atom stereocenters. The van der Waals surface area contributed by atoms with Gasteiger partial charge in [0.2, 0.25) is 5.91 Å². The van der Waals surface area contributed by atoms with Crippen molar-refractivity contribution in [1.29, 1.82) is 0 Å². The van der Waals surface area contributed by atoms with Gasteiger partial charge in [0, 0.05) is 32.7 Å². The third kappa shape index (κ3) is 5.32. The highest BCUT2D eigenvalue weighted by molar-refractivity contribution is 5.98. The molecule has 1 aliphatic heterocycles. The molecule has 0 N–H and O–H groups in total. The fraction of sp³-hybridized carbons (Fsp3) is 0.636. The van der Waals surface area contributed by atoms with Gasteiger partial charge in [-0.05, 0) is 31.2 Å². The van der Waals surface area contributed by atoms with Gasteiger partial charge in [0.05, 0.1) is 6.61 Å². The van der Waals surface area contributed by atoms with E-state index in [0.717, 1.165) is 45.3 Å². The summed E-state index contributed by atoms with van der Waals surface area (Å²) in [5.74, 6) is -0.792. The average molecular weight is 373 g/mol. The average Bonchev–Trinajstić information content (AvgIpc) is 2.70. The molecule has 0 aromatic heterocycles. The first-order valence-corrected chi connectivity index (χ1v) is 10.4. The Morgan fingerprint density at radius 1 is 1.04 bits per heavy atom. The number of esters is 1. The maximum atomic E-state index is 13.2. The predicted molar refractivity (Wildman–Crippen MR) is 105 cm³/mol. The molecule has 1 saturated carbocycles. The number of ether oxygens (including phenoxy) is 1. The molecule has 1 aromatic carbocycles. The second-order valence-corrected chi connectivity index (χ2v) is 7.71. The lowest BCUT2D eigenvalue weighted by Crippen LogP contribution is -2.52. The van der Waals surface area contributed by atoms with Crippen LogP contribution < -0.4 is 0 Å². The van der Waals surface area contributed by atoms with Gasteiger partial charge in [0.15, 0.2) is 0 Å². The van der Waals surface area contributed by atoms with Crippen molar-refractivity contribution < 1.29 is 14.3 Å². The number of carbonyl (C=O) groups excluding carboxylic acids is 2. The molecule has 3 rings (SSSR count). The number of nitrogens with zero attached hydrogens (tertiary/aromatic N) is 2. The molecule has 1 saturated heterocycles. The minimum atomic E-state index is -0.606. The van der Waals surface area contributed by atoms with E-state index in [2.05, 4.69) is 29.2 Å². The van der Waals surface area contributed by atoms with Crippen molar-refractivity contribution in [3.63, 3.8) is 0 Å². The van der Waals surface area contributed by atoms with Crippen molar-refractivity contribution >= 4 is 11.9 Å². The van der Waals surface area contributed by atoms with Crippen LogP contribution in [0.1, 0.15) is 44.6 Å². The van der Waals surface area contributed by atoms with Crippen LogP contribution in [0.3, 0.4) is 0 Å². The Bertz CT molecular complexity index is 605. The van der Waals surface area contributed by atoms with Gasteiger partial charge >= 0.3 is 5.97 Å². The lowest BCUT2D eigenvalue weighted by Gasteiger charge is -2.38. The molecule has 5 heteroatoms. The molecule has 5 nitrogen and oxygen atoms in total. The standard InChI is InChI=1S/C22H32N2O3/c1-2-27-22(26)20(19-11-7-4-8-12-19)21(25)24-15-13-23(14-16-24)17-18-9-5-3-6-10-18/h3,5-6,9-10,19-20H,2,4,7-8,11-17H2,1H3/t20-/m0/s1. The zero-order valence-corrected chi connectivity index (χ0v) is 16.4. The molecule has 148 valence electrons. The van der Waals surface area contributed by atoms with Crippen molar-refractivity contribution in [3.05, 3.63) is 35.9 Å². The Balaban J connectivity index is 1.58. The molecule has 1 amide bonds. The summed E-state index contributed by atoms with van der Waals surface area (Å²) < 4.78 is 5.27. The number of hydrogen-bond acceptors (Lipinski definition) is 4. The van der Waals surface area contributed by atoms with Crippen LogP contribution in [0.25, 0.3) is 0 Å². The molecular formula is C22H32N2O3. The monoisotopic (exact) mass is 372 g/mol. The van der Waals surface area contributed by atoms with Gasteiger partial charge in [-0.15, -0.1) is 0 Å². The fourth-order valence-corrected chi connectivity index (χ4v) is 4.36. The van der Waals surface area contributed by atoms with E-state index in [1.807, 2.05) is 17.9 Å². The van der Waals surface area contributed by atoms with Gasteiger partial charge in [-0.1, -0.05) is 49.6 Å². The molecule has 0 spiro atoms. The van der Waals surface area contributed by atoms with E-state index >= 15 is 0 Å². The number of benzene rings is 1. The van der Waals surface area contributed by atoms with Crippen molar-refractivity contribution in [3.8, 4) is 0 Å². The Kier molecular flexibility index (Phi) is 7.27. The van der Waals surface area contributed by atoms with Crippen LogP contribution in [0.2, 0.25) is 0 Å². The molecule has 2 aliphatic rings. The Hall–Kier alpha value is -1.88. The quantitative estimate of drug-likeness (QED) is 0.569. The van der Waals surface area contributed by atoms with Crippen LogP contribution in [0, 0.1) is 11.8 Å². The maximum absolute atomic E-state index is 13.2. The van der Waals surface area contributed by atoms with E-state index in [1.54, 1.807) is 0 Å². The molecular weight excluding hydrogens is 340 g/mol. The summed E-state index contributed by atoms with van der Waals surface area (Å²) in [5, 5.41) is 0. The van der Waals surface area contributed by atoms with E-state index in [1.165, 1.54) is 12.0 Å². The molecule has 0 radical (unpaired) electrons. The summed E-state index contributed by atoms with van der Waals surface area (Å²) in [6, 6.07) is 10.4. The minimum absolute atomic E-state index is 0.0142. The minimum Gasteiger partial charge on any atom is -0.465 e. The molecule has 0 bridgehead atoms. The number of piperazine rings is 1. The molecule has 1 aromatic rings. The molecule has 2 fully saturated rings. The molecule has 27 heavy (non-hydrogen) atoms. The summed E-state index contributed by atoms with van der Waals surface area (Å²) in [6.07, 6.45) is 5.35. The summed E-state index contributed by atoms with van der Waals surface area (Å²) in [4.78, 5) is 30.0. The van der Waals surface area contributed by atoms with Crippen LogP contribution in [0.15, 0.2) is 30.3 Å². The Morgan fingerprint density at radius 2 is 1.70 bits per heavy atom. The summed E-state index contributed by atoms with van der Waals surface area (Å²) in [7, 11) is 0. The van der Waals surface area contributed by atoms with E-state index in [-0.39, 0.29) is 17.8 Å². The smallest absolute Gasteiger partial charge is 0.318 e. The van der Waals surface area contributed by atoms with E-state index < -0.39 is 5.92 Å². The fourth-order valence-electron chi connectivity index (χ4n) is 4.36. The van der Waals surface area contributed by atoms with Gasteiger partial charge < -0.3 is 9.64 Å². The summed E-state index contributed by atoms with van der Waals surface area (Å²) >= 11 is 0. The van der Waals surface area contributed by atoms with Crippen LogP contribution in [0.5, 0.6) is 0 Å². The van der Waals surface area contributed by atoms with Crippen LogP contribution in [0.4, 0.5) is 0 Å². The highest BCUT2D eigenvalue weighted by atomic mass is 16.5. The van der Waals surface area contributed by atoms with Crippen molar-refractivity contribution in [1.82, 2.24) is 9.80 Å². The number of rotatable bonds is 6. The number of amides is 1. The van der Waals surface area contributed by atoms with E-state index in [9.17, 15) is 9.59 Å². The normalized spacial score (nSPS) is 20.3. The molecule has 1 atom stereocenters. The summed E-state index contributed by atoms with van der Waals surface area (Å²) in [6.45, 7) is 6.12. The third-order valence-corrected chi connectivity index (χ3v) is 5.86. The predicted octanol–water partition coefficient (Wildman–Crippen LogP) is 3.09. The lowest BCUT2D eigenvalue weighted by atomic mass is 9.79. The van der Waals surface area contributed by atoms with E-state index in [4.69, 9.17) is 4.74 Å². The Morgan fingerprint density at radius 3 is 2.33 bits per heavy atom. The lowest BCUT2D eigenvalue weighted by molar-refractivity contribution is -0.159. The topological polar surface area (TPSA) is 49.9 Å². The van der Waals surface area contributed by atoms with Crippen molar-refractivity contribution in [2.45, 2.75) is 45.6 Å². The first-order chi connectivity index (χ1) is 13.2. The van der Waals surface area contributed by atoms with Gasteiger partial charge in [0.25, 0.3) is 0 Å². The second-order valence-electron chi connectivity index (χ2n) is 7.71. The van der Waals surface area contributed by atoms with Crippen LogP contribution >= 0.6 is 0 Å². The van der Waals surface area contributed by atoms with Crippen LogP contribution in [-0.2, 0) is 20.9 Å². The molecule has 1 heterocycles. The first kappa shape index (κ1) is 19.9. The van der Waals surface area contributed by atoms with Gasteiger partial charge in [-0.3, -0.25) is 14.5 Å². The SMILES string of the molecule is CCOC(=O)[C@H](C(=O)N1CCN(Cc2ccccc2)CC1)C1CCCCC1. The van der Waals surface area contributed by atoms with Crippen molar-refractivity contribution in [2.24, 2.45) is 11.8 Å². The maximum Gasteiger partial charge on any atom is 0.318 e. The number of carbonyl (C=O) groups is 2. The van der Waals surface area contributed by atoms with Crippen LogP contribution in [-0.4, -0.2) is 54.5 Å².